The van der Waals surface area contributed by atoms with E-state index in [4.69, 9.17) is 4.74 Å². The SMILES string of the molecule is O=C(CCNC(=O)c1cccs1)NCC(c1ccc(C(F)(F)F)cc1)N1CCOCC1. The molecule has 2 N–H and O–H groups in total. The second kappa shape index (κ2) is 10.7. The summed E-state index contributed by atoms with van der Waals surface area (Å²) in [6.07, 6.45) is -4.28. The number of hydrogen-bond donors (Lipinski definition) is 2. The van der Waals surface area contributed by atoms with Crippen LogP contribution >= 0.6 is 11.3 Å². The van der Waals surface area contributed by atoms with Crippen molar-refractivity contribution in [3.63, 3.8) is 0 Å². The van der Waals surface area contributed by atoms with E-state index in [0.717, 1.165) is 12.1 Å². The predicted molar refractivity (Wildman–Crippen MR) is 111 cm³/mol. The lowest BCUT2D eigenvalue weighted by molar-refractivity contribution is -0.137. The number of halogens is 3. The molecule has 168 valence electrons. The summed E-state index contributed by atoms with van der Waals surface area (Å²) in [6.45, 7) is 2.75. The molecule has 0 aliphatic carbocycles. The molecule has 3 rings (SSSR count). The number of benzene rings is 1. The highest BCUT2D eigenvalue weighted by molar-refractivity contribution is 7.12. The first-order chi connectivity index (χ1) is 14.8. The standard InChI is InChI=1S/C21H24F3N3O3S/c22-21(23,24)16-5-3-15(4-6-16)17(27-9-11-30-12-10-27)14-26-19(28)7-8-25-20(29)18-2-1-13-31-18/h1-6,13,17H,7-12,14H2,(H,25,29)(H,26,28). The van der Waals surface area contributed by atoms with Crippen LogP contribution in [-0.2, 0) is 15.7 Å². The van der Waals surface area contributed by atoms with Crippen molar-refractivity contribution in [2.45, 2.75) is 18.6 Å². The van der Waals surface area contributed by atoms with Gasteiger partial charge in [-0.25, -0.2) is 0 Å². The van der Waals surface area contributed by atoms with E-state index in [1.165, 1.54) is 23.5 Å². The molecule has 2 aromatic rings. The van der Waals surface area contributed by atoms with Gasteiger partial charge in [-0.05, 0) is 29.1 Å². The van der Waals surface area contributed by atoms with Gasteiger partial charge in [0.15, 0.2) is 0 Å². The van der Waals surface area contributed by atoms with Crippen LogP contribution < -0.4 is 10.6 Å². The molecule has 2 heterocycles. The third-order valence-corrected chi connectivity index (χ3v) is 5.85. The summed E-state index contributed by atoms with van der Waals surface area (Å²) in [7, 11) is 0. The van der Waals surface area contributed by atoms with Crippen LogP contribution in [0.1, 0.15) is 33.3 Å². The number of nitrogens with one attached hydrogen (secondary N) is 2. The van der Waals surface area contributed by atoms with Gasteiger partial charge in [0, 0.05) is 32.6 Å². The highest BCUT2D eigenvalue weighted by Crippen LogP contribution is 2.31. The van der Waals surface area contributed by atoms with Crippen molar-refractivity contribution in [3.8, 4) is 0 Å². The number of hydrogen-bond acceptors (Lipinski definition) is 5. The van der Waals surface area contributed by atoms with Crippen molar-refractivity contribution in [1.29, 1.82) is 0 Å². The van der Waals surface area contributed by atoms with Gasteiger partial charge < -0.3 is 15.4 Å². The van der Waals surface area contributed by atoms with E-state index in [1.54, 1.807) is 17.5 Å². The Morgan fingerprint density at radius 3 is 2.42 bits per heavy atom. The molecule has 1 aliphatic rings. The number of ether oxygens (including phenoxy) is 1. The van der Waals surface area contributed by atoms with Crippen LogP contribution in [0, 0.1) is 0 Å². The van der Waals surface area contributed by atoms with Crippen molar-refractivity contribution in [2.75, 3.05) is 39.4 Å². The molecule has 0 saturated carbocycles. The maximum absolute atomic E-state index is 12.9. The highest BCUT2D eigenvalue weighted by Gasteiger charge is 2.31. The van der Waals surface area contributed by atoms with Crippen LogP contribution in [0.15, 0.2) is 41.8 Å². The number of rotatable bonds is 8. The maximum atomic E-state index is 12.9. The van der Waals surface area contributed by atoms with Crippen molar-refractivity contribution >= 4 is 23.2 Å². The van der Waals surface area contributed by atoms with Gasteiger partial charge in [0.1, 0.15) is 0 Å². The number of carbonyl (C=O) groups excluding carboxylic acids is 2. The molecule has 1 atom stereocenters. The summed E-state index contributed by atoms with van der Waals surface area (Å²) >= 11 is 1.32. The molecule has 6 nitrogen and oxygen atoms in total. The molecule has 1 unspecified atom stereocenters. The predicted octanol–water partition coefficient (Wildman–Crippen LogP) is 3.08. The first kappa shape index (κ1) is 23.2. The number of amides is 2. The van der Waals surface area contributed by atoms with Gasteiger partial charge >= 0.3 is 6.18 Å². The summed E-state index contributed by atoms with van der Waals surface area (Å²) in [5.41, 5.74) is -0.0105. The zero-order chi connectivity index (χ0) is 22.3. The number of alkyl halides is 3. The van der Waals surface area contributed by atoms with E-state index in [2.05, 4.69) is 15.5 Å². The third kappa shape index (κ3) is 6.78. The lowest BCUT2D eigenvalue weighted by Crippen LogP contribution is -2.44. The molecule has 0 radical (unpaired) electrons. The Kier molecular flexibility index (Phi) is 8.05. The van der Waals surface area contributed by atoms with Crippen LogP contribution in [0.5, 0.6) is 0 Å². The number of nitrogens with zero attached hydrogens (tertiary/aromatic N) is 1. The average molecular weight is 456 g/mol. The van der Waals surface area contributed by atoms with Gasteiger partial charge in [0.05, 0.1) is 29.7 Å². The Morgan fingerprint density at radius 2 is 1.81 bits per heavy atom. The van der Waals surface area contributed by atoms with Gasteiger partial charge in [-0.3, -0.25) is 14.5 Å². The summed E-state index contributed by atoms with van der Waals surface area (Å²) in [5.74, 6) is -0.463. The molecule has 1 aromatic carbocycles. The van der Waals surface area contributed by atoms with E-state index >= 15 is 0 Å². The van der Waals surface area contributed by atoms with E-state index in [0.29, 0.717) is 36.7 Å². The molecular weight excluding hydrogens is 431 g/mol. The molecule has 0 bridgehead atoms. The first-order valence-corrected chi connectivity index (χ1v) is 10.8. The molecule has 31 heavy (non-hydrogen) atoms. The normalized spacial score (nSPS) is 16.0. The van der Waals surface area contributed by atoms with Crippen LogP contribution in [-0.4, -0.2) is 56.1 Å². The smallest absolute Gasteiger partial charge is 0.379 e. The van der Waals surface area contributed by atoms with Crippen molar-refractivity contribution in [1.82, 2.24) is 15.5 Å². The fraction of sp³-hybridized carbons (Fsp3) is 0.429. The summed E-state index contributed by atoms with van der Waals surface area (Å²) in [5, 5.41) is 7.34. The monoisotopic (exact) mass is 455 g/mol. The fourth-order valence-electron chi connectivity index (χ4n) is 3.32. The van der Waals surface area contributed by atoms with Gasteiger partial charge in [0.2, 0.25) is 5.91 Å². The Hall–Kier alpha value is -2.43. The van der Waals surface area contributed by atoms with E-state index in [9.17, 15) is 22.8 Å². The molecule has 2 amide bonds. The quantitative estimate of drug-likeness (QED) is 0.642. The minimum absolute atomic E-state index is 0.111. The summed E-state index contributed by atoms with van der Waals surface area (Å²) < 4.78 is 44.0. The summed E-state index contributed by atoms with van der Waals surface area (Å²) in [6, 6.07) is 8.24. The van der Waals surface area contributed by atoms with Crippen LogP contribution in [0.4, 0.5) is 13.2 Å². The average Bonchev–Trinajstić information content (AvgIpc) is 3.29. The number of morpholine rings is 1. The first-order valence-electron chi connectivity index (χ1n) is 9.92. The Bertz CT molecular complexity index is 851. The Morgan fingerprint density at radius 1 is 1.10 bits per heavy atom. The van der Waals surface area contributed by atoms with Gasteiger partial charge in [-0.2, -0.15) is 13.2 Å². The molecule has 1 fully saturated rings. The minimum Gasteiger partial charge on any atom is -0.379 e. The highest BCUT2D eigenvalue weighted by atomic mass is 32.1. The molecule has 0 spiro atoms. The van der Waals surface area contributed by atoms with Gasteiger partial charge in [-0.15, -0.1) is 11.3 Å². The van der Waals surface area contributed by atoms with Crippen LogP contribution in [0.2, 0.25) is 0 Å². The Labute approximate surface area is 182 Å². The number of carbonyl (C=O) groups is 2. The zero-order valence-corrected chi connectivity index (χ0v) is 17.6. The van der Waals surface area contributed by atoms with Gasteiger partial charge in [-0.1, -0.05) is 18.2 Å². The maximum Gasteiger partial charge on any atom is 0.416 e. The lowest BCUT2D eigenvalue weighted by Gasteiger charge is -2.35. The second-order valence-electron chi connectivity index (χ2n) is 7.07. The molecule has 10 heteroatoms. The lowest BCUT2D eigenvalue weighted by atomic mass is 10.0. The largest absolute Gasteiger partial charge is 0.416 e. The molecule has 1 saturated heterocycles. The molecule has 1 aliphatic heterocycles. The topological polar surface area (TPSA) is 70.7 Å². The Balaban J connectivity index is 1.55. The minimum atomic E-state index is -4.39. The van der Waals surface area contributed by atoms with Crippen molar-refractivity contribution in [3.05, 3.63) is 57.8 Å². The fourth-order valence-corrected chi connectivity index (χ4v) is 3.96. The molecular formula is C21H24F3N3O3S. The van der Waals surface area contributed by atoms with Crippen molar-refractivity contribution in [2.24, 2.45) is 0 Å². The van der Waals surface area contributed by atoms with Crippen LogP contribution in [0.3, 0.4) is 0 Å². The van der Waals surface area contributed by atoms with E-state index < -0.39 is 11.7 Å². The third-order valence-electron chi connectivity index (χ3n) is 4.98. The van der Waals surface area contributed by atoms with E-state index in [-0.39, 0.29) is 37.4 Å². The van der Waals surface area contributed by atoms with Crippen molar-refractivity contribution < 1.29 is 27.5 Å². The van der Waals surface area contributed by atoms with E-state index in [1.807, 2.05) is 0 Å². The second-order valence-corrected chi connectivity index (χ2v) is 8.02. The molecule has 1 aromatic heterocycles. The number of thiophene rings is 1. The zero-order valence-electron chi connectivity index (χ0n) is 16.8. The van der Waals surface area contributed by atoms with Gasteiger partial charge in [0.25, 0.3) is 5.91 Å². The summed E-state index contributed by atoms with van der Waals surface area (Å²) in [4.78, 5) is 26.8. The van der Waals surface area contributed by atoms with Crippen LogP contribution in [0.25, 0.3) is 0 Å².